The summed E-state index contributed by atoms with van der Waals surface area (Å²) in [7, 11) is 0. The van der Waals surface area contributed by atoms with Crippen molar-refractivity contribution in [3.8, 4) is 5.75 Å². The van der Waals surface area contributed by atoms with E-state index in [2.05, 4.69) is 37.4 Å². The molecule has 1 aliphatic carbocycles. The summed E-state index contributed by atoms with van der Waals surface area (Å²) in [4.78, 5) is 0. The largest absolute Gasteiger partial charge is 0.491 e. The zero-order valence-electron chi connectivity index (χ0n) is 15.8. The standard InChI is InChI=1S/C22H33NO2/c1-15(2)11-13-24-19-10-6-9-17-21(19)23-20(16-7-4-3-5-8-16)18-12-14-25-22(17)18/h6,9-10,15-16,18,20,22-23H,3-5,7-8,11-14H2,1-2H3/t18-,20+,22+/m0/s1. The zero-order chi connectivity index (χ0) is 17.2. The predicted octanol–water partition coefficient (Wildman–Crippen LogP) is 5.56. The summed E-state index contributed by atoms with van der Waals surface area (Å²) in [5.74, 6) is 3.11. The van der Waals surface area contributed by atoms with Gasteiger partial charge in [-0.1, -0.05) is 45.2 Å². The number of hydrogen-bond donors (Lipinski definition) is 1. The number of benzene rings is 1. The SMILES string of the molecule is CC(C)CCOc1cccc2c1N[C@H](C1CCCCC1)[C@@H]1CCO[C@H]21. The molecule has 1 saturated carbocycles. The summed E-state index contributed by atoms with van der Waals surface area (Å²) in [5.41, 5.74) is 2.53. The van der Waals surface area contributed by atoms with Crippen molar-refractivity contribution in [3.05, 3.63) is 23.8 Å². The fourth-order valence-electron chi connectivity index (χ4n) is 4.99. The number of fused-ring (bicyclic) bond motifs is 3. The molecule has 0 radical (unpaired) electrons. The lowest BCUT2D eigenvalue weighted by atomic mass is 9.73. The van der Waals surface area contributed by atoms with Crippen molar-refractivity contribution in [1.82, 2.24) is 0 Å². The highest BCUT2D eigenvalue weighted by atomic mass is 16.5. The van der Waals surface area contributed by atoms with Gasteiger partial charge in [0.25, 0.3) is 0 Å². The molecule has 1 saturated heterocycles. The molecule has 2 aliphatic heterocycles. The van der Waals surface area contributed by atoms with Gasteiger partial charge in [0.1, 0.15) is 5.75 Å². The molecule has 25 heavy (non-hydrogen) atoms. The lowest BCUT2D eigenvalue weighted by Gasteiger charge is -2.42. The Labute approximate surface area is 152 Å². The van der Waals surface area contributed by atoms with Gasteiger partial charge in [0, 0.05) is 24.1 Å². The molecule has 3 aliphatic rings. The normalized spacial score (nSPS) is 29.2. The molecule has 138 valence electrons. The quantitative estimate of drug-likeness (QED) is 0.759. The second-order valence-corrected chi connectivity index (χ2v) is 8.56. The maximum Gasteiger partial charge on any atom is 0.142 e. The molecule has 1 aromatic rings. The van der Waals surface area contributed by atoms with Crippen molar-refractivity contribution < 1.29 is 9.47 Å². The van der Waals surface area contributed by atoms with Gasteiger partial charge in [0.15, 0.2) is 0 Å². The van der Waals surface area contributed by atoms with Crippen LogP contribution in [0.1, 0.15) is 70.5 Å². The first-order valence-corrected chi connectivity index (χ1v) is 10.4. The maximum absolute atomic E-state index is 6.21. The van der Waals surface area contributed by atoms with Crippen molar-refractivity contribution in [2.75, 3.05) is 18.5 Å². The number of nitrogens with one attached hydrogen (secondary N) is 1. The predicted molar refractivity (Wildman–Crippen MR) is 102 cm³/mol. The number of anilines is 1. The Morgan fingerprint density at radius 2 is 2.00 bits per heavy atom. The molecule has 0 amide bonds. The van der Waals surface area contributed by atoms with E-state index < -0.39 is 0 Å². The van der Waals surface area contributed by atoms with Gasteiger partial charge in [0.2, 0.25) is 0 Å². The van der Waals surface area contributed by atoms with Crippen molar-refractivity contribution in [2.24, 2.45) is 17.8 Å². The van der Waals surface area contributed by atoms with Crippen LogP contribution in [-0.2, 0) is 4.74 Å². The second kappa shape index (κ2) is 7.57. The van der Waals surface area contributed by atoms with Crippen LogP contribution in [0.2, 0.25) is 0 Å². The summed E-state index contributed by atoms with van der Waals surface area (Å²) in [6.07, 6.45) is 9.47. The number of hydrogen-bond acceptors (Lipinski definition) is 3. The van der Waals surface area contributed by atoms with Crippen LogP contribution in [0, 0.1) is 17.8 Å². The third kappa shape index (κ3) is 3.53. The van der Waals surface area contributed by atoms with Crippen LogP contribution >= 0.6 is 0 Å². The second-order valence-electron chi connectivity index (χ2n) is 8.56. The zero-order valence-corrected chi connectivity index (χ0v) is 15.8. The lowest BCUT2D eigenvalue weighted by molar-refractivity contribution is 0.0728. The molecule has 3 atom stereocenters. The van der Waals surface area contributed by atoms with Crippen LogP contribution in [0.3, 0.4) is 0 Å². The summed E-state index contributed by atoms with van der Waals surface area (Å²) in [6.45, 7) is 6.19. The smallest absolute Gasteiger partial charge is 0.142 e. The Morgan fingerprint density at radius 3 is 2.80 bits per heavy atom. The van der Waals surface area contributed by atoms with Gasteiger partial charge in [-0.05, 0) is 43.6 Å². The minimum absolute atomic E-state index is 0.261. The Kier molecular flexibility index (Phi) is 5.21. The van der Waals surface area contributed by atoms with Crippen LogP contribution in [0.25, 0.3) is 0 Å². The number of ether oxygens (including phenoxy) is 2. The van der Waals surface area contributed by atoms with Gasteiger partial charge in [-0.2, -0.15) is 0 Å². The molecule has 2 heterocycles. The van der Waals surface area contributed by atoms with Gasteiger partial charge in [-0.25, -0.2) is 0 Å². The summed E-state index contributed by atoms with van der Waals surface area (Å²) in [5, 5.41) is 3.94. The van der Waals surface area contributed by atoms with E-state index in [1.165, 1.54) is 49.8 Å². The third-order valence-electron chi connectivity index (χ3n) is 6.39. The Bertz CT molecular complexity index is 579. The molecule has 1 aromatic carbocycles. The highest BCUT2D eigenvalue weighted by Gasteiger charge is 2.44. The van der Waals surface area contributed by atoms with Crippen LogP contribution in [0.15, 0.2) is 18.2 Å². The average Bonchev–Trinajstić information content (AvgIpc) is 3.12. The van der Waals surface area contributed by atoms with E-state index in [4.69, 9.17) is 9.47 Å². The first-order chi connectivity index (χ1) is 12.2. The van der Waals surface area contributed by atoms with Crippen LogP contribution < -0.4 is 10.1 Å². The third-order valence-corrected chi connectivity index (χ3v) is 6.39. The molecule has 3 heteroatoms. The fraction of sp³-hybridized carbons (Fsp3) is 0.727. The minimum atomic E-state index is 0.261. The molecular weight excluding hydrogens is 310 g/mol. The molecule has 1 N–H and O–H groups in total. The number of para-hydroxylation sites is 1. The Hall–Kier alpha value is -1.22. The fourth-order valence-corrected chi connectivity index (χ4v) is 4.99. The van der Waals surface area contributed by atoms with E-state index in [1.807, 2.05) is 0 Å². The van der Waals surface area contributed by atoms with Gasteiger partial charge in [0.05, 0.1) is 18.4 Å². The summed E-state index contributed by atoms with van der Waals surface area (Å²) < 4.78 is 12.4. The van der Waals surface area contributed by atoms with Crippen molar-refractivity contribution in [1.29, 1.82) is 0 Å². The van der Waals surface area contributed by atoms with Crippen molar-refractivity contribution in [2.45, 2.75) is 70.9 Å². The van der Waals surface area contributed by atoms with E-state index in [9.17, 15) is 0 Å². The first-order valence-electron chi connectivity index (χ1n) is 10.4. The molecule has 0 unspecified atom stereocenters. The highest BCUT2D eigenvalue weighted by Crippen LogP contribution is 2.50. The lowest BCUT2D eigenvalue weighted by Crippen LogP contribution is -2.42. The highest BCUT2D eigenvalue weighted by molar-refractivity contribution is 5.65. The van der Waals surface area contributed by atoms with Gasteiger partial charge >= 0.3 is 0 Å². The first kappa shape index (κ1) is 17.2. The number of rotatable bonds is 5. The molecule has 0 bridgehead atoms. The Balaban J connectivity index is 1.58. The van der Waals surface area contributed by atoms with E-state index in [1.54, 1.807) is 0 Å². The van der Waals surface area contributed by atoms with Crippen LogP contribution in [-0.4, -0.2) is 19.3 Å². The van der Waals surface area contributed by atoms with Crippen molar-refractivity contribution in [3.63, 3.8) is 0 Å². The van der Waals surface area contributed by atoms with E-state index in [0.717, 1.165) is 31.3 Å². The molecule has 2 fully saturated rings. The summed E-state index contributed by atoms with van der Waals surface area (Å²) in [6, 6.07) is 7.04. The topological polar surface area (TPSA) is 30.5 Å². The molecule has 0 aromatic heterocycles. The monoisotopic (exact) mass is 343 g/mol. The van der Waals surface area contributed by atoms with E-state index in [0.29, 0.717) is 17.9 Å². The maximum atomic E-state index is 6.21. The van der Waals surface area contributed by atoms with Crippen LogP contribution in [0.5, 0.6) is 5.75 Å². The summed E-state index contributed by atoms with van der Waals surface area (Å²) >= 11 is 0. The van der Waals surface area contributed by atoms with Gasteiger partial charge in [-0.15, -0.1) is 0 Å². The molecule has 4 rings (SSSR count). The Morgan fingerprint density at radius 1 is 1.16 bits per heavy atom. The van der Waals surface area contributed by atoms with Gasteiger partial charge < -0.3 is 14.8 Å². The van der Waals surface area contributed by atoms with E-state index >= 15 is 0 Å². The molecule has 3 nitrogen and oxygen atoms in total. The average molecular weight is 344 g/mol. The van der Waals surface area contributed by atoms with Crippen LogP contribution in [0.4, 0.5) is 5.69 Å². The molecular formula is C22H33NO2. The van der Waals surface area contributed by atoms with Gasteiger partial charge in [-0.3, -0.25) is 0 Å². The molecule has 0 spiro atoms. The van der Waals surface area contributed by atoms with Crippen molar-refractivity contribution >= 4 is 5.69 Å². The van der Waals surface area contributed by atoms with E-state index in [-0.39, 0.29) is 6.10 Å². The minimum Gasteiger partial charge on any atom is -0.491 e.